The van der Waals surface area contributed by atoms with Crippen LogP contribution in [0, 0.1) is 17.5 Å². The van der Waals surface area contributed by atoms with E-state index in [0.717, 1.165) is 0 Å². The second kappa shape index (κ2) is 7.56. The molecule has 0 saturated carbocycles. The lowest BCUT2D eigenvalue weighted by Gasteiger charge is -2.47. The van der Waals surface area contributed by atoms with Crippen molar-refractivity contribution >= 4 is 11.6 Å². The van der Waals surface area contributed by atoms with Gasteiger partial charge in [-0.25, -0.2) is 13.2 Å². The Labute approximate surface area is 161 Å². The van der Waals surface area contributed by atoms with E-state index in [1.807, 2.05) is 4.90 Å². The average molecular weight is 390 g/mol. The number of hydrogen-bond donors (Lipinski definition) is 0. The first-order valence-corrected chi connectivity index (χ1v) is 9.31. The number of carbonyl (C=O) groups excluding carboxylic acids is 1. The molecule has 0 bridgehead atoms. The van der Waals surface area contributed by atoms with Gasteiger partial charge >= 0.3 is 0 Å². The fraction of sp³-hybridized carbons (Fsp3) is 0.381. The van der Waals surface area contributed by atoms with Crippen LogP contribution in [0.2, 0.25) is 0 Å². The van der Waals surface area contributed by atoms with Crippen molar-refractivity contribution in [3.63, 3.8) is 0 Å². The predicted molar refractivity (Wildman–Crippen MR) is 98.3 cm³/mol. The smallest absolute Gasteiger partial charge is 0.253 e. The Balaban J connectivity index is 1.44. The van der Waals surface area contributed by atoms with Crippen molar-refractivity contribution in [1.82, 2.24) is 4.90 Å². The summed E-state index contributed by atoms with van der Waals surface area (Å²) in [5.41, 5.74) is 0.0629. The van der Waals surface area contributed by atoms with E-state index >= 15 is 0 Å². The summed E-state index contributed by atoms with van der Waals surface area (Å²) >= 11 is 0. The maximum atomic E-state index is 13.9. The number of nitrogens with zero attached hydrogens (tertiary/aromatic N) is 2. The largest absolute Gasteiger partial charge is 0.363 e. The molecule has 2 heterocycles. The molecule has 0 N–H and O–H groups in total. The summed E-state index contributed by atoms with van der Waals surface area (Å²) in [5, 5.41) is 0. The molecule has 2 aliphatic rings. The van der Waals surface area contributed by atoms with Crippen molar-refractivity contribution in [2.75, 3.05) is 31.1 Å². The lowest BCUT2D eigenvalue weighted by molar-refractivity contribution is -0.145. The monoisotopic (exact) mass is 390 g/mol. The summed E-state index contributed by atoms with van der Waals surface area (Å²) < 4.78 is 47.3. The standard InChI is InChI=1S/C21H21F3N2O2/c22-15-3-1-4-16(11-15)26-14-21(28-13-20(26)27)7-9-25(10-8-21)12-17-18(23)5-2-6-19(17)24/h1-6,11H,7-10,12-14H2. The summed E-state index contributed by atoms with van der Waals surface area (Å²) in [4.78, 5) is 15.9. The minimum absolute atomic E-state index is 0.0571. The van der Waals surface area contributed by atoms with Crippen LogP contribution in [0.5, 0.6) is 0 Å². The topological polar surface area (TPSA) is 32.8 Å². The maximum absolute atomic E-state index is 13.9. The Morgan fingerprint density at radius 1 is 1.00 bits per heavy atom. The molecule has 7 heteroatoms. The molecule has 148 valence electrons. The van der Waals surface area contributed by atoms with Gasteiger partial charge in [0.1, 0.15) is 24.1 Å². The van der Waals surface area contributed by atoms with E-state index in [4.69, 9.17) is 4.74 Å². The number of morpholine rings is 1. The van der Waals surface area contributed by atoms with E-state index in [1.54, 1.807) is 17.0 Å². The molecular formula is C21H21F3N2O2. The number of amides is 1. The first kappa shape index (κ1) is 19.0. The Kier molecular flexibility index (Phi) is 5.12. The number of likely N-dealkylation sites (tertiary alicyclic amines) is 1. The summed E-state index contributed by atoms with van der Waals surface area (Å²) in [6.07, 6.45) is 1.25. The lowest BCUT2D eigenvalue weighted by atomic mass is 9.88. The zero-order chi connectivity index (χ0) is 19.7. The number of ether oxygens (including phenoxy) is 1. The van der Waals surface area contributed by atoms with E-state index in [2.05, 4.69) is 0 Å². The van der Waals surface area contributed by atoms with Gasteiger partial charge < -0.3 is 9.64 Å². The molecule has 2 saturated heterocycles. The first-order chi connectivity index (χ1) is 13.5. The number of halogens is 3. The van der Waals surface area contributed by atoms with Crippen molar-refractivity contribution in [2.45, 2.75) is 25.0 Å². The molecule has 2 fully saturated rings. The first-order valence-electron chi connectivity index (χ1n) is 9.31. The molecule has 2 aromatic carbocycles. The van der Waals surface area contributed by atoms with Crippen molar-refractivity contribution in [1.29, 1.82) is 0 Å². The molecule has 4 nitrogen and oxygen atoms in total. The van der Waals surface area contributed by atoms with Crippen molar-refractivity contribution in [3.8, 4) is 0 Å². The van der Waals surface area contributed by atoms with Gasteiger partial charge in [0, 0.05) is 30.9 Å². The van der Waals surface area contributed by atoms with Gasteiger partial charge in [-0.2, -0.15) is 0 Å². The lowest BCUT2D eigenvalue weighted by Crippen LogP contribution is -2.58. The van der Waals surface area contributed by atoms with E-state index < -0.39 is 23.1 Å². The van der Waals surface area contributed by atoms with Gasteiger partial charge in [0.2, 0.25) is 0 Å². The van der Waals surface area contributed by atoms with Crippen LogP contribution < -0.4 is 4.90 Å². The number of anilines is 1. The van der Waals surface area contributed by atoms with Gasteiger partial charge in [-0.05, 0) is 43.2 Å². The fourth-order valence-electron chi connectivity index (χ4n) is 3.92. The predicted octanol–water partition coefficient (Wildman–Crippen LogP) is 3.50. The number of rotatable bonds is 3. The Bertz CT molecular complexity index is 861. The molecule has 0 aliphatic carbocycles. The highest BCUT2D eigenvalue weighted by Crippen LogP contribution is 2.33. The van der Waals surface area contributed by atoms with E-state index in [-0.39, 0.29) is 24.6 Å². The SMILES string of the molecule is O=C1COC2(CCN(Cc3c(F)cccc3F)CC2)CN1c1cccc(F)c1. The molecule has 1 spiro atoms. The van der Waals surface area contributed by atoms with Crippen LogP contribution in [0.3, 0.4) is 0 Å². The highest BCUT2D eigenvalue weighted by atomic mass is 19.1. The van der Waals surface area contributed by atoms with Gasteiger partial charge in [0.15, 0.2) is 0 Å². The number of piperidine rings is 1. The van der Waals surface area contributed by atoms with Crippen LogP contribution in [-0.4, -0.2) is 42.6 Å². The highest BCUT2D eigenvalue weighted by Gasteiger charge is 2.42. The number of hydrogen-bond acceptors (Lipinski definition) is 3. The van der Waals surface area contributed by atoms with Crippen LogP contribution in [0.1, 0.15) is 18.4 Å². The highest BCUT2D eigenvalue weighted by molar-refractivity contribution is 5.95. The van der Waals surface area contributed by atoms with E-state index in [9.17, 15) is 18.0 Å². The molecule has 1 amide bonds. The van der Waals surface area contributed by atoms with Gasteiger partial charge in [0.25, 0.3) is 5.91 Å². The zero-order valence-corrected chi connectivity index (χ0v) is 15.3. The third-order valence-corrected chi connectivity index (χ3v) is 5.58. The second-order valence-corrected chi connectivity index (χ2v) is 7.41. The normalized spacial score (nSPS) is 20.0. The maximum Gasteiger partial charge on any atom is 0.253 e. The minimum atomic E-state index is -0.544. The zero-order valence-electron chi connectivity index (χ0n) is 15.3. The summed E-state index contributed by atoms with van der Waals surface area (Å²) in [7, 11) is 0. The quantitative estimate of drug-likeness (QED) is 0.804. The van der Waals surface area contributed by atoms with Crippen molar-refractivity contribution in [2.24, 2.45) is 0 Å². The Morgan fingerprint density at radius 3 is 2.36 bits per heavy atom. The third kappa shape index (κ3) is 3.77. The van der Waals surface area contributed by atoms with Crippen molar-refractivity contribution < 1.29 is 22.7 Å². The minimum Gasteiger partial charge on any atom is -0.363 e. The van der Waals surface area contributed by atoms with Crippen molar-refractivity contribution in [3.05, 3.63) is 65.5 Å². The Morgan fingerprint density at radius 2 is 1.68 bits per heavy atom. The van der Waals surface area contributed by atoms with Crippen LogP contribution in [-0.2, 0) is 16.1 Å². The van der Waals surface area contributed by atoms with Gasteiger partial charge in [-0.15, -0.1) is 0 Å². The summed E-state index contributed by atoms with van der Waals surface area (Å²) in [6.45, 7) is 1.68. The fourth-order valence-corrected chi connectivity index (χ4v) is 3.92. The van der Waals surface area contributed by atoms with Crippen LogP contribution in [0.4, 0.5) is 18.9 Å². The van der Waals surface area contributed by atoms with Crippen LogP contribution in [0.15, 0.2) is 42.5 Å². The molecule has 0 unspecified atom stereocenters. The van der Waals surface area contributed by atoms with Gasteiger partial charge in [-0.1, -0.05) is 12.1 Å². The summed E-state index contributed by atoms with van der Waals surface area (Å²) in [6, 6.07) is 9.83. The third-order valence-electron chi connectivity index (χ3n) is 5.58. The van der Waals surface area contributed by atoms with Gasteiger partial charge in [0.05, 0.1) is 12.1 Å². The summed E-state index contributed by atoms with van der Waals surface area (Å²) in [5.74, 6) is -1.69. The molecule has 2 aromatic rings. The van der Waals surface area contributed by atoms with E-state index in [1.165, 1.54) is 30.3 Å². The van der Waals surface area contributed by atoms with Crippen LogP contribution in [0.25, 0.3) is 0 Å². The Hall–Kier alpha value is -2.38. The molecule has 0 atom stereocenters. The molecule has 0 aromatic heterocycles. The second-order valence-electron chi connectivity index (χ2n) is 7.41. The number of benzene rings is 2. The average Bonchev–Trinajstić information content (AvgIpc) is 2.68. The molecule has 2 aliphatic heterocycles. The van der Waals surface area contributed by atoms with E-state index in [0.29, 0.717) is 38.2 Å². The molecule has 0 radical (unpaired) electrons. The molecule has 4 rings (SSSR count). The van der Waals surface area contributed by atoms with Gasteiger partial charge in [-0.3, -0.25) is 9.69 Å². The number of carbonyl (C=O) groups is 1. The van der Waals surface area contributed by atoms with Crippen LogP contribution >= 0.6 is 0 Å². The molecule has 28 heavy (non-hydrogen) atoms. The molecular weight excluding hydrogens is 369 g/mol.